The molecule has 0 aliphatic carbocycles. The molecule has 216 valence electrons. The Morgan fingerprint density at radius 2 is 1.81 bits per heavy atom. The topological polar surface area (TPSA) is 135 Å². The number of aromatic nitrogens is 4. The Balaban J connectivity index is 1.30. The lowest BCUT2D eigenvalue weighted by Crippen LogP contribution is -2.32. The van der Waals surface area contributed by atoms with Gasteiger partial charge in [-0.25, -0.2) is 33.9 Å². The van der Waals surface area contributed by atoms with Crippen molar-refractivity contribution in [3.8, 4) is 22.2 Å². The highest BCUT2D eigenvalue weighted by Crippen LogP contribution is 2.38. The average molecular weight is 612 g/mol. The summed E-state index contributed by atoms with van der Waals surface area (Å²) in [5, 5.41) is 3.53. The minimum Gasteiger partial charge on any atom is -0.484 e. The Bertz CT molecular complexity index is 1800. The van der Waals surface area contributed by atoms with Crippen LogP contribution in [0.1, 0.15) is 24.3 Å². The molecule has 42 heavy (non-hydrogen) atoms. The molecule has 0 saturated heterocycles. The highest BCUT2D eigenvalue weighted by atomic mass is 35.5. The Labute approximate surface area is 247 Å². The Hall–Kier alpha value is -4.62. The number of rotatable bonds is 8. The van der Waals surface area contributed by atoms with Gasteiger partial charge in [-0.1, -0.05) is 11.6 Å². The molecule has 0 radical (unpaired) electrons. The van der Waals surface area contributed by atoms with Crippen molar-refractivity contribution in [1.29, 1.82) is 0 Å². The third kappa shape index (κ3) is 6.16. The third-order valence-electron chi connectivity index (χ3n) is 6.14. The maximum atomic E-state index is 15.0. The molecule has 3 aromatic heterocycles. The number of hydrogen-bond acceptors (Lipinski definition) is 11. The molecule has 0 aliphatic heterocycles. The van der Waals surface area contributed by atoms with Crippen LogP contribution in [0.3, 0.4) is 0 Å². The van der Waals surface area contributed by atoms with Gasteiger partial charge in [-0.2, -0.15) is 0 Å². The second kappa shape index (κ2) is 12.1. The number of methoxy groups -OCH3 is 2. The second-order valence-electron chi connectivity index (χ2n) is 8.98. The standard InChI is InChI=1S/C28H23ClFN5O6S/c1-13(14(2)41-28(37)33-16-5-6-19(31-11-16)27(36)39-4)40-22-10-23-20(9-18(22)30)35-26(42-23)17-7-15(29)8-21-25(17)32-12-24(34-21)38-3/h5-14H,1-4H3,(H,33,37). The number of anilines is 1. The van der Waals surface area contributed by atoms with E-state index in [1.807, 2.05) is 0 Å². The molecule has 0 bridgehead atoms. The normalized spacial score (nSPS) is 12.5. The lowest BCUT2D eigenvalue weighted by molar-refractivity contribution is 0.0402. The van der Waals surface area contributed by atoms with E-state index < -0.39 is 30.1 Å². The number of halogens is 2. The van der Waals surface area contributed by atoms with Gasteiger partial charge < -0.3 is 18.9 Å². The molecule has 3 heterocycles. The number of thiazole rings is 1. The van der Waals surface area contributed by atoms with Crippen molar-refractivity contribution in [2.24, 2.45) is 0 Å². The lowest BCUT2D eigenvalue weighted by atomic mass is 10.2. The van der Waals surface area contributed by atoms with E-state index in [4.69, 9.17) is 25.8 Å². The number of benzene rings is 2. The zero-order valence-corrected chi connectivity index (χ0v) is 24.2. The molecular formula is C28H23ClFN5O6S. The number of carbonyl (C=O) groups excluding carboxylic acids is 2. The number of nitrogens with one attached hydrogen (secondary N) is 1. The van der Waals surface area contributed by atoms with Gasteiger partial charge in [0.15, 0.2) is 11.6 Å². The van der Waals surface area contributed by atoms with Crippen LogP contribution in [0.2, 0.25) is 5.02 Å². The summed E-state index contributed by atoms with van der Waals surface area (Å²) in [5.41, 5.74) is 2.58. The van der Waals surface area contributed by atoms with Crippen LogP contribution in [0, 0.1) is 5.82 Å². The highest BCUT2D eigenvalue weighted by molar-refractivity contribution is 7.21. The van der Waals surface area contributed by atoms with Gasteiger partial charge in [-0.3, -0.25) is 5.32 Å². The van der Waals surface area contributed by atoms with Crippen molar-refractivity contribution in [3.63, 3.8) is 0 Å². The largest absolute Gasteiger partial charge is 0.484 e. The number of pyridine rings is 1. The molecule has 2 atom stereocenters. The average Bonchev–Trinajstić information content (AvgIpc) is 3.38. The highest BCUT2D eigenvalue weighted by Gasteiger charge is 2.22. The first kappa shape index (κ1) is 28.9. The molecule has 1 N–H and O–H groups in total. The first-order valence-electron chi connectivity index (χ1n) is 12.4. The van der Waals surface area contributed by atoms with Crippen LogP contribution in [0.4, 0.5) is 14.9 Å². The van der Waals surface area contributed by atoms with Crippen LogP contribution >= 0.6 is 22.9 Å². The Morgan fingerprint density at radius 1 is 1.00 bits per heavy atom. The van der Waals surface area contributed by atoms with Crippen molar-refractivity contribution >= 4 is 61.9 Å². The van der Waals surface area contributed by atoms with Crippen molar-refractivity contribution in [1.82, 2.24) is 19.9 Å². The van der Waals surface area contributed by atoms with Crippen LogP contribution < -0.4 is 14.8 Å². The minimum atomic E-state index is -0.775. The fourth-order valence-corrected chi connectivity index (χ4v) is 5.08. The molecular weight excluding hydrogens is 589 g/mol. The van der Waals surface area contributed by atoms with Crippen molar-refractivity contribution in [3.05, 3.63) is 65.3 Å². The number of fused-ring (bicyclic) bond motifs is 2. The summed E-state index contributed by atoms with van der Waals surface area (Å²) in [5.74, 6) is -0.902. The maximum Gasteiger partial charge on any atom is 0.412 e. The summed E-state index contributed by atoms with van der Waals surface area (Å²) in [7, 11) is 2.74. The van der Waals surface area contributed by atoms with Gasteiger partial charge in [-0.15, -0.1) is 11.3 Å². The summed E-state index contributed by atoms with van der Waals surface area (Å²) < 4.78 is 36.7. The Kier molecular flexibility index (Phi) is 8.31. The van der Waals surface area contributed by atoms with E-state index >= 15 is 4.39 Å². The van der Waals surface area contributed by atoms with Crippen molar-refractivity contribution < 1.29 is 32.9 Å². The predicted octanol–water partition coefficient (Wildman–Crippen LogP) is 6.29. The minimum absolute atomic E-state index is 0.0239. The lowest BCUT2D eigenvalue weighted by Gasteiger charge is -2.22. The zero-order chi connectivity index (χ0) is 30.0. The van der Waals surface area contributed by atoms with Crippen LogP contribution in [0.15, 0.2) is 48.8 Å². The van der Waals surface area contributed by atoms with Crippen LogP contribution in [-0.4, -0.2) is 58.4 Å². The van der Waals surface area contributed by atoms with Gasteiger partial charge in [0.05, 0.1) is 53.6 Å². The molecule has 2 aromatic carbocycles. The van der Waals surface area contributed by atoms with Crippen molar-refractivity contribution in [2.45, 2.75) is 26.1 Å². The first-order chi connectivity index (χ1) is 20.1. The zero-order valence-electron chi connectivity index (χ0n) is 22.7. The number of nitrogens with zero attached hydrogens (tertiary/aromatic N) is 4. The molecule has 0 saturated carbocycles. The van der Waals surface area contributed by atoms with E-state index in [0.717, 1.165) is 0 Å². The second-order valence-corrected chi connectivity index (χ2v) is 10.5. The van der Waals surface area contributed by atoms with Gasteiger partial charge >= 0.3 is 12.1 Å². The van der Waals surface area contributed by atoms with E-state index in [1.54, 1.807) is 32.0 Å². The predicted molar refractivity (Wildman–Crippen MR) is 155 cm³/mol. The van der Waals surface area contributed by atoms with Gasteiger partial charge in [0.2, 0.25) is 5.88 Å². The van der Waals surface area contributed by atoms with Crippen LogP contribution in [-0.2, 0) is 9.47 Å². The first-order valence-corrected chi connectivity index (χ1v) is 13.6. The summed E-state index contributed by atoms with van der Waals surface area (Å²) in [6, 6.07) is 9.12. The maximum absolute atomic E-state index is 15.0. The molecule has 1 amide bonds. The SMILES string of the molecule is COC(=O)c1ccc(NC(=O)OC(C)C(C)Oc2cc3sc(-c4cc(Cl)cc5nc(OC)cnc45)nc3cc2F)cn1. The number of ether oxygens (including phenoxy) is 4. The van der Waals surface area contributed by atoms with Gasteiger partial charge in [0.1, 0.15) is 22.9 Å². The summed E-state index contributed by atoms with van der Waals surface area (Å²) in [6.07, 6.45) is 0.552. The Morgan fingerprint density at radius 3 is 2.52 bits per heavy atom. The summed E-state index contributed by atoms with van der Waals surface area (Å²) in [4.78, 5) is 41.2. The van der Waals surface area contributed by atoms with E-state index in [1.165, 1.54) is 56.1 Å². The molecule has 0 aliphatic rings. The van der Waals surface area contributed by atoms with Gasteiger partial charge in [0.25, 0.3) is 0 Å². The number of amides is 1. The number of esters is 1. The van der Waals surface area contributed by atoms with E-state index in [0.29, 0.717) is 48.4 Å². The van der Waals surface area contributed by atoms with Gasteiger partial charge in [-0.05, 0) is 38.1 Å². The fourth-order valence-electron chi connectivity index (χ4n) is 3.87. The quantitative estimate of drug-likeness (QED) is 0.199. The molecule has 0 spiro atoms. The third-order valence-corrected chi connectivity index (χ3v) is 7.41. The molecule has 14 heteroatoms. The smallest absolute Gasteiger partial charge is 0.412 e. The van der Waals surface area contributed by atoms with Gasteiger partial charge in [0, 0.05) is 22.7 Å². The molecule has 2 unspecified atom stereocenters. The molecule has 0 fully saturated rings. The van der Waals surface area contributed by atoms with Crippen molar-refractivity contribution in [2.75, 3.05) is 19.5 Å². The van der Waals surface area contributed by atoms with E-state index in [-0.39, 0.29) is 11.4 Å². The summed E-state index contributed by atoms with van der Waals surface area (Å²) in [6.45, 7) is 3.27. The molecule has 5 aromatic rings. The molecule has 11 nitrogen and oxygen atoms in total. The molecule has 5 rings (SSSR count). The van der Waals surface area contributed by atoms with Crippen LogP contribution in [0.25, 0.3) is 31.8 Å². The number of carbonyl (C=O) groups is 2. The van der Waals surface area contributed by atoms with Crippen LogP contribution in [0.5, 0.6) is 11.6 Å². The van der Waals surface area contributed by atoms with E-state index in [9.17, 15) is 9.59 Å². The summed E-state index contributed by atoms with van der Waals surface area (Å²) >= 11 is 7.65. The van der Waals surface area contributed by atoms with E-state index in [2.05, 4.69) is 30.0 Å². The monoisotopic (exact) mass is 611 g/mol. The fraction of sp³-hybridized carbons (Fsp3) is 0.214. The number of hydrogen-bond donors (Lipinski definition) is 1.